The first-order valence-corrected chi connectivity index (χ1v) is 7.73. The summed E-state index contributed by atoms with van der Waals surface area (Å²) in [6.45, 7) is 8.04. The number of benzene rings is 1. The van der Waals surface area contributed by atoms with Crippen molar-refractivity contribution < 1.29 is 13.2 Å². The summed E-state index contributed by atoms with van der Waals surface area (Å²) in [5.41, 5.74) is 7.56. The topological polar surface area (TPSA) is 81.4 Å². The van der Waals surface area contributed by atoms with Crippen LogP contribution >= 0.6 is 0 Å². The number of sulfonamides is 1. The molecule has 1 aromatic rings. The predicted octanol–water partition coefficient (Wildman–Crippen LogP) is 1.59. The van der Waals surface area contributed by atoms with Gasteiger partial charge in [-0.05, 0) is 51.0 Å². The second-order valence-corrected chi connectivity index (χ2v) is 6.32. The molecule has 1 unspecified atom stereocenters. The Kier molecular flexibility index (Phi) is 5.34. The third-order valence-electron chi connectivity index (χ3n) is 2.68. The standard InChI is InChI=1S/C13H22N2O3S/c1-5-18-8-11(4)15-19(16,17)13-9(2)6-12(14)7-10(13)3/h6-7,11,15H,5,8,14H2,1-4H3. The van der Waals surface area contributed by atoms with Gasteiger partial charge in [0.1, 0.15) is 0 Å². The van der Waals surface area contributed by atoms with Gasteiger partial charge < -0.3 is 10.5 Å². The average Bonchev–Trinajstić information content (AvgIpc) is 2.23. The predicted molar refractivity (Wildman–Crippen MR) is 76.6 cm³/mol. The molecule has 1 rings (SSSR count). The molecule has 5 nitrogen and oxygen atoms in total. The van der Waals surface area contributed by atoms with Crippen molar-refractivity contribution in [1.82, 2.24) is 4.72 Å². The van der Waals surface area contributed by atoms with E-state index in [4.69, 9.17) is 10.5 Å². The molecular formula is C13H22N2O3S. The lowest BCUT2D eigenvalue weighted by Crippen LogP contribution is -2.36. The maximum absolute atomic E-state index is 12.4. The van der Waals surface area contributed by atoms with Crippen LogP contribution in [0.1, 0.15) is 25.0 Å². The molecule has 3 N–H and O–H groups in total. The summed E-state index contributed by atoms with van der Waals surface area (Å²) in [4.78, 5) is 0.296. The molecule has 0 amide bonds. The smallest absolute Gasteiger partial charge is 0.241 e. The molecule has 0 aliphatic heterocycles. The van der Waals surface area contributed by atoms with E-state index >= 15 is 0 Å². The fourth-order valence-corrected chi connectivity index (χ4v) is 3.74. The molecule has 0 fully saturated rings. The molecule has 0 aliphatic carbocycles. The number of nitrogen functional groups attached to an aromatic ring is 1. The quantitative estimate of drug-likeness (QED) is 0.778. The molecule has 19 heavy (non-hydrogen) atoms. The largest absolute Gasteiger partial charge is 0.399 e. The molecule has 0 radical (unpaired) electrons. The summed E-state index contributed by atoms with van der Waals surface area (Å²) in [5.74, 6) is 0. The van der Waals surface area contributed by atoms with Gasteiger partial charge in [-0.3, -0.25) is 0 Å². The molecule has 6 heteroatoms. The number of hydrogen-bond acceptors (Lipinski definition) is 4. The van der Waals surface area contributed by atoms with Gasteiger partial charge in [0.25, 0.3) is 0 Å². The Labute approximate surface area is 115 Å². The van der Waals surface area contributed by atoms with Crippen LogP contribution in [0.15, 0.2) is 17.0 Å². The zero-order chi connectivity index (χ0) is 14.6. The average molecular weight is 286 g/mol. The minimum absolute atomic E-state index is 0.277. The van der Waals surface area contributed by atoms with Gasteiger partial charge in [-0.15, -0.1) is 0 Å². The monoisotopic (exact) mass is 286 g/mol. The minimum atomic E-state index is -3.55. The van der Waals surface area contributed by atoms with Crippen LogP contribution < -0.4 is 10.5 Å². The number of hydrogen-bond donors (Lipinski definition) is 2. The Bertz CT molecular complexity index is 518. The fraction of sp³-hybridized carbons (Fsp3) is 0.538. The summed E-state index contributed by atoms with van der Waals surface area (Å²) < 4.78 is 32.5. The number of anilines is 1. The van der Waals surface area contributed by atoms with E-state index in [-0.39, 0.29) is 6.04 Å². The zero-order valence-electron chi connectivity index (χ0n) is 11.9. The maximum atomic E-state index is 12.4. The fourth-order valence-electron chi connectivity index (χ4n) is 2.06. The Morgan fingerprint density at radius 3 is 2.32 bits per heavy atom. The molecule has 108 valence electrons. The van der Waals surface area contributed by atoms with E-state index in [1.165, 1.54) is 0 Å². The van der Waals surface area contributed by atoms with Crippen molar-refractivity contribution in [2.45, 2.75) is 38.6 Å². The van der Waals surface area contributed by atoms with Crippen LogP contribution in [-0.2, 0) is 14.8 Å². The lowest BCUT2D eigenvalue weighted by molar-refractivity contribution is 0.133. The SMILES string of the molecule is CCOCC(C)NS(=O)(=O)c1c(C)cc(N)cc1C. The second-order valence-electron chi connectivity index (χ2n) is 4.67. The van der Waals surface area contributed by atoms with Gasteiger partial charge in [-0.25, -0.2) is 13.1 Å². The Balaban J connectivity index is 3.01. The van der Waals surface area contributed by atoms with Crippen LogP contribution in [0, 0.1) is 13.8 Å². The number of ether oxygens (including phenoxy) is 1. The van der Waals surface area contributed by atoms with Gasteiger partial charge in [0, 0.05) is 18.3 Å². The van der Waals surface area contributed by atoms with Gasteiger partial charge in [0.15, 0.2) is 0 Å². The normalized spacial score (nSPS) is 13.5. The zero-order valence-corrected chi connectivity index (χ0v) is 12.7. The summed E-state index contributed by atoms with van der Waals surface area (Å²) in [6, 6.07) is 3.05. The van der Waals surface area contributed by atoms with Crippen molar-refractivity contribution in [1.29, 1.82) is 0 Å². The van der Waals surface area contributed by atoms with Gasteiger partial charge in [0.05, 0.1) is 11.5 Å². The molecule has 1 aromatic carbocycles. The lowest BCUT2D eigenvalue weighted by Gasteiger charge is -2.17. The molecule has 0 saturated heterocycles. The van der Waals surface area contributed by atoms with E-state index in [9.17, 15) is 8.42 Å². The van der Waals surface area contributed by atoms with Gasteiger partial charge >= 0.3 is 0 Å². The summed E-state index contributed by atoms with van der Waals surface area (Å²) >= 11 is 0. The molecule has 0 aliphatic rings. The Morgan fingerprint density at radius 1 is 1.32 bits per heavy atom. The van der Waals surface area contributed by atoms with E-state index in [0.29, 0.717) is 34.9 Å². The minimum Gasteiger partial charge on any atom is -0.399 e. The van der Waals surface area contributed by atoms with Crippen molar-refractivity contribution in [2.24, 2.45) is 0 Å². The van der Waals surface area contributed by atoms with E-state index in [1.54, 1.807) is 32.9 Å². The Morgan fingerprint density at radius 2 is 1.84 bits per heavy atom. The third-order valence-corrected chi connectivity index (χ3v) is 4.57. The highest BCUT2D eigenvalue weighted by molar-refractivity contribution is 7.89. The maximum Gasteiger partial charge on any atom is 0.241 e. The van der Waals surface area contributed by atoms with Crippen molar-refractivity contribution in [2.75, 3.05) is 18.9 Å². The highest BCUT2D eigenvalue weighted by atomic mass is 32.2. The highest BCUT2D eigenvalue weighted by Crippen LogP contribution is 2.23. The number of rotatable bonds is 6. The van der Waals surface area contributed by atoms with Crippen LogP contribution in [-0.4, -0.2) is 27.7 Å². The first-order valence-electron chi connectivity index (χ1n) is 6.24. The van der Waals surface area contributed by atoms with Crippen molar-refractivity contribution in [3.8, 4) is 0 Å². The lowest BCUT2D eigenvalue weighted by atomic mass is 10.1. The van der Waals surface area contributed by atoms with Crippen LogP contribution in [0.4, 0.5) is 5.69 Å². The molecule has 0 saturated carbocycles. The first-order chi connectivity index (χ1) is 8.77. The van der Waals surface area contributed by atoms with Crippen LogP contribution in [0.2, 0.25) is 0 Å². The van der Waals surface area contributed by atoms with E-state index in [2.05, 4.69) is 4.72 Å². The van der Waals surface area contributed by atoms with Crippen molar-refractivity contribution in [3.63, 3.8) is 0 Å². The summed E-state index contributed by atoms with van der Waals surface area (Å²) in [5, 5.41) is 0. The van der Waals surface area contributed by atoms with Gasteiger partial charge in [-0.1, -0.05) is 0 Å². The van der Waals surface area contributed by atoms with Gasteiger partial charge in [-0.2, -0.15) is 0 Å². The van der Waals surface area contributed by atoms with Crippen LogP contribution in [0.5, 0.6) is 0 Å². The van der Waals surface area contributed by atoms with Crippen LogP contribution in [0.25, 0.3) is 0 Å². The molecule has 0 heterocycles. The van der Waals surface area contributed by atoms with E-state index < -0.39 is 10.0 Å². The molecular weight excluding hydrogens is 264 g/mol. The second kappa shape index (κ2) is 6.36. The van der Waals surface area contributed by atoms with Gasteiger partial charge in [0.2, 0.25) is 10.0 Å². The van der Waals surface area contributed by atoms with E-state index in [1.807, 2.05) is 6.92 Å². The molecule has 0 aromatic heterocycles. The number of nitrogens with one attached hydrogen (secondary N) is 1. The molecule has 0 bridgehead atoms. The molecule has 1 atom stereocenters. The number of aryl methyl sites for hydroxylation is 2. The first kappa shape index (κ1) is 15.9. The van der Waals surface area contributed by atoms with Crippen LogP contribution in [0.3, 0.4) is 0 Å². The number of nitrogens with two attached hydrogens (primary N) is 1. The highest BCUT2D eigenvalue weighted by Gasteiger charge is 2.22. The third kappa shape index (κ3) is 4.19. The summed E-state index contributed by atoms with van der Waals surface area (Å²) in [7, 11) is -3.55. The molecule has 0 spiro atoms. The van der Waals surface area contributed by atoms with Crippen molar-refractivity contribution >= 4 is 15.7 Å². The van der Waals surface area contributed by atoms with Crippen molar-refractivity contribution in [3.05, 3.63) is 23.3 Å². The Hall–Kier alpha value is -1.11. The van der Waals surface area contributed by atoms with E-state index in [0.717, 1.165) is 0 Å². The summed E-state index contributed by atoms with van der Waals surface area (Å²) in [6.07, 6.45) is 0.